The van der Waals surface area contributed by atoms with Gasteiger partial charge in [0, 0.05) is 23.1 Å². The van der Waals surface area contributed by atoms with E-state index >= 15 is 0 Å². The van der Waals surface area contributed by atoms with Crippen LogP contribution in [0.3, 0.4) is 0 Å². The summed E-state index contributed by atoms with van der Waals surface area (Å²) in [6.07, 6.45) is 2.91. The van der Waals surface area contributed by atoms with Crippen molar-refractivity contribution >= 4 is 44.9 Å². The van der Waals surface area contributed by atoms with Crippen molar-refractivity contribution in [2.75, 3.05) is 0 Å². The number of hydrogen-bond donors (Lipinski definition) is 6. The van der Waals surface area contributed by atoms with E-state index in [0.29, 0.717) is 5.56 Å². The Bertz CT molecular complexity index is 2620. The Morgan fingerprint density at radius 1 is 0.500 bits per heavy atom. The molecule has 46 heavy (non-hydrogen) atoms. The van der Waals surface area contributed by atoms with Gasteiger partial charge in [0.25, 0.3) is 0 Å². The minimum Gasteiger partial charge on any atom is -0.504 e. The molecule has 0 fully saturated rings. The Kier molecular flexibility index (Phi) is 6.12. The van der Waals surface area contributed by atoms with E-state index in [1.165, 1.54) is 54.6 Å². The van der Waals surface area contributed by atoms with E-state index in [1.54, 1.807) is 0 Å². The van der Waals surface area contributed by atoms with Gasteiger partial charge in [0.15, 0.2) is 34.5 Å². The van der Waals surface area contributed by atoms with Gasteiger partial charge in [0.2, 0.25) is 0 Å². The van der Waals surface area contributed by atoms with E-state index in [1.807, 2.05) is 0 Å². The van der Waals surface area contributed by atoms with E-state index in [2.05, 4.69) is 0 Å². The Labute approximate surface area is 253 Å². The second kappa shape index (κ2) is 10.1. The highest BCUT2D eigenvalue weighted by atomic mass is 16.4. The fourth-order valence-electron chi connectivity index (χ4n) is 5.10. The Balaban J connectivity index is 1.48. The van der Waals surface area contributed by atoms with Gasteiger partial charge in [-0.05, 0) is 54.1 Å². The van der Waals surface area contributed by atoms with Crippen molar-refractivity contribution in [3.8, 4) is 57.1 Å². The lowest BCUT2D eigenvalue weighted by Gasteiger charge is -2.07. The van der Waals surface area contributed by atoms with Crippen LogP contribution in [-0.2, 0) is 0 Å². The van der Waals surface area contributed by atoms with Gasteiger partial charge >= 0.3 is 16.9 Å². The van der Waals surface area contributed by atoms with Crippen molar-refractivity contribution in [3.05, 3.63) is 103 Å². The summed E-state index contributed by atoms with van der Waals surface area (Å²) < 4.78 is 22.5. The largest absolute Gasteiger partial charge is 0.504 e. The Morgan fingerprint density at radius 3 is 1.85 bits per heavy atom. The van der Waals surface area contributed by atoms with Gasteiger partial charge in [-0.25, -0.2) is 14.4 Å². The van der Waals surface area contributed by atoms with Gasteiger partial charge in [-0.15, -0.1) is 0 Å². The number of fused-ring (bicyclic) bond motifs is 4. The minimum absolute atomic E-state index is 0.0194. The molecule has 0 unspecified atom stereocenters. The highest BCUT2D eigenvalue weighted by Gasteiger charge is 2.26. The number of phenols is 6. The van der Waals surface area contributed by atoms with Gasteiger partial charge in [0.1, 0.15) is 39.2 Å². The highest BCUT2D eigenvalue weighted by molar-refractivity contribution is 6.07. The Hall–Kier alpha value is -6.89. The third-order valence-electron chi connectivity index (χ3n) is 7.27. The molecule has 6 N–H and O–H groups in total. The lowest BCUT2D eigenvalue weighted by atomic mass is 10.0. The van der Waals surface area contributed by atoms with Crippen LogP contribution in [0, 0.1) is 0 Å². The first-order chi connectivity index (χ1) is 22.0. The zero-order valence-electron chi connectivity index (χ0n) is 23.0. The summed E-state index contributed by atoms with van der Waals surface area (Å²) in [5, 5.41) is 58.6. The topological polar surface area (TPSA) is 225 Å². The monoisotopic (exact) mass is 622 g/mol. The molecule has 4 aromatic heterocycles. The van der Waals surface area contributed by atoms with E-state index in [0.717, 1.165) is 18.2 Å². The fourth-order valence-corrected chi connectivity index (χ4v) is 5.10. The molecule has 0 bridgehead atoms. The molecular weight excluding hydrogens is 604 g/mol. The van der Waals surface area contributed by atoms with Crippen LogP contribution >= 0.6 is 0 Å². The molecule has 3 aromatic carbocycles. The maximum absolute atomic E-state index is 13.4. The predicted octanol–water partition coefficient (Wildman–Crippen LogP) is 5.34. The smallest absolute Gasteiger partial charge is 0.348 e. The van der Waals surface area contributed by atoms with Crippen LogP contribution in [0.15, 0.2) is 92.7 Å². The van der Waals surface area contributed by atoms with Crippen LogP contribution in [0.4, 0.5) is 0 Å². The summed E-state index contributed by atoms with van der Waals surface area (Å²) in [5.74, 6) is -3.18. The summed E-state index contributed by atoms with van der Waals surface area (Å²) >= 11 is 0. The molecule has 0 saturated heterocycles. The molecule has 7 aromatic rings. The second-order valence-electron chi connectivity index (χ2n) is 10.2. The molecule has 4 heterocycles. The van der Waals surface area contributed by atoms with Crippen LogP contribution in [0.2, 0.25) is 0 Å². The van der Waals surface area contributed by atoms with E-state index in [4.69, 9.17) is 17.7 Å². The van der Waals surface area contributed by atoms with Crippen LogP contribution in [0.5, 0.6) is 34.5 Å². The van der Waals surface area contributed by atoms with E-state index < -0.39 is 39.9 Å². The quantitative estimate of drug-likeness (QED) is 0.108. The summed E-state index contributed by atoms with van der Waals surface area (Å²) in [6, 6.07) is 12.3. The van der Waals surface area contributed by atoms with Crippen LogP contribution in [0.1, 0.15) is 11.3 Å². The first kappa shape index (κ1) is 27.9. The molecule has 0 amide bonds. The van der Waals surface area contributed by atoms with Crippen molar-refractivity contribution < 1.29 is 48.3 Å². The van der Waals surface area contributed by atoms with Gasteiger partial charge in [-0.1, -0.05) is 12.1 Å². The first-order valence-corrected chi connectivity index (χ1v) is 13.3. The minimum atomic E-state index is -1.03. The number of rotatable bonds is 4. The molecule has 0 radical (unpaired) electrons. The number of phenolic OH excluding ortho intramolecular Hbond substituents is 6. The van der Waals surface area contributed by atoms with Gasteiger partial charge < -0.3 is 48.3 Å². The van der Waals surface area contributed by atoms with Crippen molar-refractivity contribution in [1.29, 1.82) is 0 Å². The van der Waals surface area contributed by atoms with E-state index in [9.17, 15) is 45.0 Å². The number of hydrogen-bond acceptors (Lipinski definition) is 13. The molecule has 13 nitrogen and oxygen atoms in total. The van der Waals surface area contributed by atoms with Crippen molar-refractivity contribution in [3.63, 3.8) is 0 Å². The van der Waals surface area contributed by atoms with Crippen molar-refractivity contribution in [1.82, 2.24) is 0 Å². The molecule has 0 aliphatic carbocycles. The lowest BCUT2D eigenvalue weighted by molar-refractivity contribution is 0.403. The lowest BCUT2D eigenvalue weighted by Crippen LogP contribution is -2.07. The van der Waals surface area contributed by atoms with Gasteiger partial charge in [-0.2, -0.15) is 0 Å². The predicted molar refractivity (Wildman–Crippen MR) is 163 cm³/mol. The number of furan rings is 1. The second-order valence-corrected chi connectivity index (χ2v) is 10.2. The van der Waals surface area contributed by atoms with E-state index in [-0.39, 0.29) is 72.6 Å². The molecule has 13 heteroatoms. The van der Waals surface area contributed by atoms with Crippen LogP contribution in [0.25, 0.3) is 67.5 Å². The zero-order chi connectivity index (χ0) is 32.4. The maximum atomic E-state index is 13.4. The van der Waals surface area contributed by atoms with Gasteiger partial charge in [0.05, 0.1) is 10.9 Å². The van der Waals surface area contributed by atoms with Crippen molar-refractivity contribution in [2.24, 2.45) is 0 Å². The third kappa shape index (κ3) is 4.46. The van der Waals surface area contributed by atoms with Crippen molar-refractivity contribution in [2.45, 2.75) is 0 Å². The molecule has 0 atom stereocenters. The Morgan fingerprint density at radius 2 is 1.13 bits per heavy atom. The molecule has 7 rings (SSSR count). The van der Waals surface area contributed by atoms with Gasteiger partial charge in [-0.3, -0.25) is 0 Å². The average molecular weight is 622 g/mol. The highest BCUT2D eigenvalue weighted by Crippen LogP contribution is 2.43. The first-order valence-electron chi connectivity index (χ1n) is 13.3. The number of benzene rings is 3. The van der Waals surface area contributed by atoms with Crippen LogP contribution in [-0.4, -0.2) is 30.6 Å². The molecular formula is C33H18O13. The summed E-state index contributed by atoms with van der Waals surface area (Å²) in [5.41, 5.74) is -2.69. The fraction of sp³-hybridized carbons (Fsp3) is 0. The maximum Gasteiger partial charge on any atom is 0.348 e. The van der Waals surface area contributed by atoms with Crippen LogP contribution < -0.4 is 16.9 Å². The SMILES string of the molecule is O=c1oc2cc(-c3c(-c4ccc(O)c(O)c4)oc4cc(C=Cc5ccc(O)c(O)c5)oc(=O)c34)oc(=O)c2c2cc(O)c(O)cc12. The molecule has 0 aliphatic heterocycles. The molecule has 0 saturated carbocycles. The average Bonchev–Trinajstić information content (AvgIpc) is 3.40. The number of aromatic hydroxyl groups is 6. The standard InChI is InChI=1S/C33H18O13/c34-18-5-2-13(7-20(18)36)1-4-15-9-24-29(33(42)43-15)28(30(44-24)14-3-6-19(35)21(37)8-14)26-12-25-27(32(41)46-26)16-10-22(38)23(39)11-17(16)31(40)45-25/h1-12,34-39H. The summed E-state index contributed by atoms with van der Waals surface area (Å²) in [6.45, 7) is 0. The molecule has 228 valence electrons. The summed E-state index contributed by atoms with van der Waals surface area (Å²) in [4.78, 5) is 39.6. The third-order valence-corrected chi connectivity index (χ3v) is 7.27. The zero-order valence-corrected chi connectivity index (χ0v) is 23.0. The molecule has 0 aliphatic rings. The molecule has 0 spiro atoms. The normalized spacial score (nSPS) is 11.7. The summed E-state index contributed by atoms with van der Waals surface area (Å²) in [7, 11) is 0.